The van der Waals surface area contributed by atoms with Crippen LogP contribution in [0, 0.1) is 19.8 Å². The standard InChI is InChI=1S/C21H22O5/c1-13-6-18(26-19-12-25-11-17(19)9-20(23)24)7-14(2)21(13)16-5-3-4-15(8-16)10-22/h3-8,10,17,19H,9,11-12H2,1-2H3,(H,23,24)/t17-,19+/m0/s1. The summed E-state index contributed by atoms with van der Waals surface area (Å²) < 4.78 is 11.4. The minimum absolute atomic E-state index is 0.0409. The Bertz CT molecular complexity index is 804. The van der Waals surface area contributed by atoms with Crippen molar-refractivity contribution in [3.63, 3.8) is 0 Å². The van der Waals surface area contributed by atoms with E-state index in [4.69, 9.17) is 14.6 Å². The van der Waals surface area contributed by atoms with Crippen LogP contribution in [0.1, 0.15) is 27.9 Å². The first-order chi connectivity index (χ1) is 12.5. The molecule has 1 aliphatic heterocycles. The van der Waals surface area contributed by atoms with Gasteiger partial charge in [0.2, 0.25) is 0 Å². The smallest absolute Gasteiger partial charge is 0.303 e. The highest BCUT2D eigenvalue weighted by Crippen LogP contribution is 2.33. The first-order valence-electron chi connectivity index (χ1n) is 8.61. The quantitative estimate of drug-likeness (QED) is 0.802. The lowest BCUT2D eigenvalue weighted by atomic mass is 9.94. The van der Waals surface area contributed by atoms with Crippen molar-refractivity contribution in [2.75, 3.05) is 13.2 Å². The number of aryl methyl sites for hydroxylation is 2. The molecule has 5 heteroatoms. The van der Waals surface area contributed by atoms with Crippen LogP contribution in [-0.2, 0) is 9.53 Å². The molecule has 0 amide bonds. The van der Waals surface area contributed by atoms with Crippen LogP contribution in [0.25, 0.3) is 11.1 Å². The fourth-order valence-corrected chi connectivity index (χ4v) is 3.51. The molecule has 5 nitrogen and oxygen atoms in total. The van der Waals surface area contributed by atoms with E-state index < -0.39 is 5.97 Å². The van der Waals surface area contributed by atoms with E-state index in [2.05, 4.69) is 0 Å². The number of carbonyl (C=O) groups excluding carboxylic acids is 1. The maximum atomic E-state index is 11.0. The summed E-state index contributed by atoms with van der Waals surface area (Å²) in [4.78, 5) is 22.0. The number of benzene rings is 2. The van der Waals surface area contributed by atoms with E-state index in [0.29, 0.717) is 24.5 Å². The molecule has 2 aromatic rings. The van der Waals surface area contributed by atoms with Gasteiger partial charge in [0.1, 0.15) is 18.1 Å². The van der Waals surface area contributed by atoms with Crippen molar-refractivity contribution in [2.45, 2.75) is 26.4 Å². The molecule has 2 atom stereocenters. The Hall–Kier alpha value is -2.66. The molecule has 136 valence electrons. The number of hydrogen-bond donors (Lipinski definition) is 1. The number of carbonyl (C=O) groups is 2. The number of aliphatic carboxylic acids is 1. The average Bonchev–Trinajstić information content (AvgIpc) is 3.00. The second-order valence-electron chi connectivity index (χ2n) is 6.73. The lowest BCUT2D eigenvalue weighted by Gasteiger charge is -2.20. The molecular formula is C21H22O5. The summed E-state index contributed by atoms with van der Waals surface area (Å²) in [5.74, 6) is -0.273. The Morgan fingerprint density at radius 2 is 1.96 bits per heavy atom. The molecule has 26 heavy (non-hydrogen) atoms. The maximum absolute atomic E-state index is 11.0. The zero-order valence-corrected chi connectivity index (χ0v) is 14.9. The molecule has 1 N–H and O–H groups in total. The highest BCUT2D eigenvalue weighted by Gasteiger charge is 2.32. The van der Waals surface area contributed by atoms with E-state index >= 15 is 0 Å². The van der Waals surface area contributed by atoms with Gasteiger partial charge in [-0.15, -0.1) is 0 Å². The highest BCUT2D eigenvalue weighted by molar-refractivity contribution is 5.80. The summed E-state index contributed by atoms with van der Waals surface area (Å²) in [5, 5.41) is 9.02. The SMILES string of the molecule is Cc1cc(O[C@@H]2COC[C@@H]2CC(=O)O)cc(C)c1-c1cccc(C=O)c1. The van der Waals surface area contributed by atoms with Crippen LogP contribution in [0.5, 0.6) is 5.75 Å². The van der Waals surface area contributed by atoms with Gasteiger partial charge in [-0.25, -0.2) is 0 Å². The van der Waals surface area contributed by atoms with Gasteiger partial charge in [-0.05, 0) is 54.3 Å². The third kappa shape index (κ3) is 3.94. The Balaban J connectivity index is 1.85. The van der Waals surface area contributed by atoms with Crippen LogP contribution in [0.2, 0.25) is 0 Å². The zero-order valence-electron chi connectivity index (χ0n) is 14.9. The number of ether oxygens (including phenoxy) is 2. The lowest BCUT2D eigenvalue weighted by Crippen LogP contribution is -2.27. The van der Waals surface area contributed by atoms with Gasteiger partial charge in [0, 0.05) is 11.5 Å². The van der Waals surface area contributed by atoms with Crippen molar-refractivity contribution in [2.24, 2.45) is 5.92 Å². The van der Waals surface area contributed by atoms with Gasteiger partial charge in [-0.3, -0.25) is 9.59 Å². The fraction of sp³-hybridized carbons (Fsp3) is 0.333. The Kier molecular flexibility index (Phi) is 5.38. The molecule has 1 aliphatic rings. The summed E-state index contributed by atoms with van der Waals surface area (Å²) in [6.07, 6.45) is 0.627. The van der Waals surface area contributed by atoms with Gasteiger partial charge in [0.05, 0.1) is 19.6 Å². The first kappa shape index (κ1) is 18.1. The molecule has 1 saturated heterocycles. The molecular weight excluding hydrogens is 332 g/mol. The van der Waals surface area contributed by atoms with Crippen LogP contribution >= 0.6 is 0 Å². The van der Waals surface area contributed by atoms with Gasteiger partial charge in [0.15, 0.2) is 0 Å². The van der Waals surface area contributed by atoms with E-state index in [1.54, 1.807) is 6.07 Å². The number of carboxylic acid groups (broad SMARTS) is 1. The molecule has 0 aromatic heterocycles. The molecule has 0 aliphatic carbocycles. The van der Waals surface area contributed by atoms with Gasteiger partial charge in [0.25, 0.3) is 0 Å². The number of rotatable bonds is 6. The van der Waals surface area contributed by atoms with Crippen molar-refractivity contribution in [3.8, 4) is 16.9 Å². The predicted molar refractivity (Wildman–Crippen MR) is 97.7 cm³/mol. The second kappa shape index (κ2) is 7.70. The molecule has 0 spiro atoms. The minimum Gasteiger partial charge on any atom is -0.488 e. The van der Waals surface area contributed by atoms with Crippen molar-refractivity contribution < 1.29 is 24.2 Å². The topological polar surface area (TPSA) is 72.8 Å². The number of hydrogen-bond acceptors (Lipinski definition) is 4. The Morgan fingerprint density at radius 3 is 2.62 bits per heavy atom. The number of aldehydes is 1. The third-order valence-electron chi connectivity index (χ3n) is 4.68. The molecule has 1 heterocycles. The summed E-state index contributed by atoms with van der Waals surface area (Å²) in [6.45, 7) is 4.82. The van der Waals surface area contributed by atoms with Crippen LogP contribution < -0.4 is 4.74 Å². The van der Waals surface area contributed by atoms with E-state index in [1.165, 1.54) is 0 Å². The molecule has 3 rings (SSSR count). The van der Waals surface area contributed by atoms with Crippen LogP contribution in [-0.4, -0.2) is 36.7 Å². The van der Waals surface area contributed by atoms with Crippen LogP contribution in [0.3, 0.4) is 0 Å². The van der Waals surface area contributed by atoms with E-state index in [9.17, 15) is 9.59 Å². The summed E-state index contributed by atoms with van der Waals surface area (Å²) in [7, 11) is 0. The molecule has 0 radical (unpaired) electrons. The van der Waals surface area contributed by atoms with Crippen molar-refractivity contribution >= 4 is 12.3 Å². The monoisotopic (exact) mass is 354 g/mol. The summed E-state index contributed by atoms with van der Waals surface area (Å²) in [5.41, 5.74) is 4.78. The van der Waals surface area contributed by atoms with Gasteiger partial charge in [-0.2, -0.15) is 0 Å². The number of carboxylic acids is 1. The normalized spacial score (nSPS) is 19.3. The lowest BCUT2D eigenvalue weighted by molar-refractivity contribution is -0.138. The van der Waals surface area contributed by atoms with Crippen molar-refractivity contribution in [3.05, 3.63) is 53.1 Å². The fourth-order valence-electron chi connectivity index (χ4n) is 3.51. The molecule has 0 unspecified atom stereocenters. The third-order valence-corrected chi connectivity index (χ3v) is 4.68. The summed E-state index contributed by atoms with van der Waals surface area (Å²) in [6, 6.07) is 11.4. The zero-order chi connectivity index (χ0) is 18.7. The van der Waals surface area contributed by atoms with Crippen molar-refractivity contribution in [1.29, 1.82) is 0 Å². The van der Waals surface area contributed by atoms with Crippen molar-refractivity contribution in [1.82, 2.24) is 0 Å². The molecule has 2 aromatic carbocycles. The predicted octanol–water partition coefficient (Wildman–Crippen LogP) is 3.65. The molecule has 1 fully saturated rings. The highest BCUT2D eigenvalue weighted by atomic mass is 16.5. The largest absolute Gasteiger partial charge is 0.488 e. The first-order valence-corrected chi connectivity index (χ1v) is 8.61. The van der Waals surface area contributed by atoms with E-state index in [1.807, 2.05) is 44.2 Å². The molecule has 0 saturated carbocycles. The van der Waals surface area contributed by atoms with Gasteiger partial charge < -0.3 is 14.6 Å². The minimum atomic E-state index is -0.841. The van der Waals surface area contributed by atoms with Crippen LogP contribution in [0.15, 0.2) is 36.4 Å². The van der Waals surface area contributed by atoms with Crippen LogP contribution in [0.4, 0.5) is 0 Å². The second-order valence-corrected chi connectivity index (χ2v) is 6.73. The summed E-state index contributed by atoms with van der Waals surface area (Å²) >= 11 is 0. The van der Waals surface area contributed by atoms with Gasteiger partial charge in [-0.1, -0.05) is 18.2 Å². The Morgan fingerprint density at radius 1 is 1.23 bits per heavy atom. The molecule has 0 bridgehead atoms. The van der Waals surface area contributed by atoms with E-state index in [0.717, 1.165) is 28.5 Å². The van der Waals surface area contributed by atoms with Gasteiger partial charge >= 0.3 is 5.97 Å². The Labute approximate surface area is 152 Å². The average molecular weight is 354 g/mol. The van der Waals surface area contributed by atoms with E-state index in [-0.39, 0.29) is 18.4 Å². The maximum Gasteiger partial charge on any atom is 0.303 e.